The van der Waals surface area contributed by atoms with Crippen molar-refractivity contribution in [1.29, 1.82) is 0 Å². The summed E-state index contributed by atoms with van der Waals surface area (Å²) in [4.78, 5) is 0. The Morgan fingerprint density at radius 1 is 0.857 bits per heavy atom. The van der Waals surface area contributed by atoms with Crippen molar-refractivity contribution in [2.45, 2.75) is 64.2 Å². The molecule has 1 aliphatic rings. The van der Waals surface area contributed by atoms with E-state index in [0.717, 1.165) is 44.5 Å². The Kier molecular flexibility index (Phi) is 8.14. The van der Waals surface area contributed by atoms with Crippen LogP contribution in [0.15, 0.2) is 60.9 Å². The Morgan fingerprint density at radius 3 is 2.11 bits per heavy atom. The summed E-state index contributed by atoms with van der Waals surface area (Å²) >= 11 is 0. The monoisotopic (exact) mass is 380 g/mol. The molecule has 1 fully saturated rings. The molecule has 1 aliphatic carbocycles. The minimum atomic E-state index is 0.424. The number of unbranched alkanes of at least 4 members (excludes halogenated alkanes) is 3. The summed E-state index contributed by atoms with van der Waals surface area (Å²) in [6, 6.07) is 17.4. The van der Waals surface area contributed by atoms with Crippen molar-refractivity contribution in [2.24, 2.45) is 5.92 Å². The molecule has 0 aromatic heterocycles. The van der Waals surface area contributed by atoms with Crippen molar-refractivity contribution in [3.63, 3.8) is 0 Å². The zero-order valence-electron chi connectivity index (χ0n) is 17.1. The van der Waals surface area contributed by atoms with Gasteiger partial charge in [0.25, 0.3) is 0 Å². The highest BCUT2D eigenvalue weighted by Crippen LogP contribution is 2.37. The van der Waals surface area contributed by atoms with Gasteiger partial charge in [-0.2, -0.15) is 0 Å². The van der Waals surface area contributed by atoms with E-state index in [-0.39, 0.29) is 0 Å². The predicted molar refractivity (Wildman–Crippen MR) is 116 cm³/mol. The number of allylic oxidation sites excluding steroid dienone is 1. The molecule has 2 aromatic carbocycles. The fourth-order valence-corrected chi connectivity index (χ4v) is 4.16. The number of ether oxygens (including phenoxy) is 1. The number of hydrogen-bond donors (Lipinski definition) is 0. The summed E-state index contributed by atoms with van der Waals surface area (Å²) in [5, 5.41) is 0. The van der Waals surface area contributed by atoms with Crippen LogP contribution in [-0.2, 0) is 0 Å². The Labute approximate surface area is 169 Å². The molecule has 3 rings (SSSR count). The van der Waals surface area contributed by atoms with Gasteiger partial charge in [-0.3, -0.25) is 0 Å². The third kappa shape index (κ3) is 5.95. The quantitative estimate of drug-likeness (QED) is 0.400. The van der Waals surface area contributed by atoms with Crippen molar-refractivity contribution in [3.8, 4) is 16.9 Å². The summed E-state index contributed by atoms with van der Waals surface area (Å²) in [7, 11) is 0. The van der Waals surface area contributed by atoms with Crippen molar-refractivity contribution < 1.29 is 9.13 Å². The Bertz CT molecular complexity index is 709. The molecule has 1 saturated carbocycles. The van der Waals surface area contributed by atoms with E-state index < -0.39 is 0 Å². The van der Waals surface area contributed by atoms with E-state index in [9.17, 15) is 4.39 Å². The fraction of sp³-hybridized carbons (Fsp3) is 0.462. The van der Waals surface area contributed by atoms with Crippen LogP contribution in [0.5, 0.6) is 5.75 Å². The fourth-order valence-electron chi connectivity index (χ4n) is 4.16. The van der Waals surface area contributed by atoms with E-state index in [4.69, 9.17) is 4.74 Å². The molecule has 0 heterocycles. The molecule has 0 amide bonds. The lowest BCUT2D eigenvalue weighted by atomic mass is 9.78. The van der Waals surface area contributed by atoms with Gasteiger partial charge in [0.1, 0.15) is 5.75 Å². The second-order valence-electron chi connectivity index (χ2n) is 7.99. The van der Waals surface area contributed by atoms with Gasteiger partial charge in [-0.25, -0.2) is 4.39 Å². The van der Waals surface area contributed by atoms with E-state index in [1.807, 2.05) is 0 Å². The van der Waals surface area contributed by atoms with Crippen LogP contribution < -0.4 is 4.74 Å². The van der Waals surface area contributed by atoms with Crippen LogP contribution in [0, 0.1) is 5.92 Å². The van der Waals surface area contributed by atoms with Gasteiger partial charge in [0.05, 0.1) is 12.9 Å². The summed E-state index contributed by atoms with van der Waals surface area (Å²) in [6.07, 6.45) is 11.8. The maximum Gasteiger partial charge on any atom is 0.119 e. The molecule has 28 heavy (non-hydrogen) atoms. The Hall–Kier alpha value is -2.09. The predicted octanol–water partition coefficient (Wildman–Crippen LogP) is 8.07. The van der Waals surface area contributed by atoms with Crippen molar-refractivity contribution in [3.05, 3.63) is 66.5 Å². The lowest BCUT2D eigenvalue weighted by Crippen LogP contribution is -2.11. The SMILES string of the molecule is CCCCCCOc1ccc(-c2ccc(C3CCC(C=CF)CC3)cc2)cc1. The molecule has 2 heteroatoms. The number of benzene rings is 2. The highest BCUT2D eigenvalue weighted by molar-refractivity contribution is 5.64. The summed E-state index contributed by atoms with van der Waals surface area (Å²) in [6.45, 7) is 3.03. The molecule has 0 saturated heterocycles. The third-order valence-corrected chi connectivity index (χ3v) is 5.95. The third-order valence-electron chi connectivity index (χ3n) is 5.95. The zero-order valence-corrected chi connectivity index (χ0v) is 17.1. The summed E-state index contributed by atoms with van der Waals surface area (Å²) < 4.78 is 18.2. The van der Waals surface area contributed by atoms with E-state index in [1.165, 1.54) is 36.0 Å². The molecule has 0 aliphatic heterocycles. The first-order chi connectivity index (χ1) is 13.8. The Balaban J connectivity index is 1.52. The van der Waals surface area contributed by atoms with Gasteiger partial charge in [0, 0.05) is 0 Å². The van der Waals surface area contributed by atoms with E-state index >= 15 is 0 Å². The summed E-state index contributed by atoms with van der Waals surface area (Å²) in [5.74, 6) is 1.99. The van der Waals surface area contributed by atoms with Gasteiger partial charge in [0.15, 0.2) is 0 Å². The molecule has 0 spiro atoms. The number of hydrogen-bond acceptors (Lipinski definition) is 1. The smallest absolute Gasteiger partial charge is 0.119 e. The van der Waals surface area contributed by atoms with Crippen LogP contribution >= 0.6 is 0 Å². The van der Waals surface area contributed by atoms with Gasteiger partial charge >= 0.3 is 0 Å². The van der Waals surface area contributed by atoms with Gasteiger partial charge < -0.3 is 4.74 Å². The number of rotatable bonds is 9. The zero-order chi connectivity index (χ0) is 19.6. The van der Waals surface area contributed by atoms with Gasteiger partial charge in [-0.1, -0.05) is 68.7 Å². The molecular weight excluding hydrogens is 347 g/mol. The Morgan fingerprint density at radius 2 is 1.50 bits per heavy atom. The average Bonchev–Trinajstić information content (AvgIpc) is 2.75. The molecule has 2 aromatic rings. The van der Waals surface area contributed by atoms with Crippen LogP contribution in [-0.4, -0.2) is 6.61 Å². The minimum absolute atomic E-state index is 0.424. The first-order valence-corrected chi connectivity index (χ1v) is 10.9. The maximum atomic E-state index is 12.3. The van der Waals surface area contributed by atoms with E-state index in [1.54, 1.807) is 6.08 Å². The lowest BCUT2D eigenvalue weighted by molar-refractivity contribution is 0.305. The topological polar surface area (TPSA) is 9.23 Å². The molecule has 0 unspecified atom stereocenters. The van der Waals surface area contributed by atoms with Crippen molar-refractivity contribution >= 4 is 0 Å². The largest absolute Gasteiger partial charge is 0.494 e. The van der Waals surface area contributed by atoms with Gasteiger partial charge in [0.2, 0.25) is 0 Å². The normalized spacial score (nSPS) is 19.8. The van der Waals surface area contributed by atoms with Crippen LogP contribution in [0.3, 0.4) is 0 Å². The number of halogens is 1. The minimum Gasteiger partial charge on any atom is -0.494 e. The van der Waals surface area contributed by atoms with Crippen LogP contribution in [0.2, 0.25) is 0 Å². The first kappa shape index (κ1) is 20.6. The highest BCUT2D eigenvalue weighted by Gasteiger charge is 2.20. The van der Waals surface area contributed by atoms with Crippen LogP contribution in [0.4, 0.5) is 4.39 Å². The highest BCUT2D eigenvalue weighted by atomic mass is 19.1. The van der Waals surface area contributed by atoms with Crippen LogP contribution in [0.25, 0.3) is 11.1 Å². The van der Waals surface area contributed by atoms with Gasteiger partial charge in [-0.15, -0.1) is 0 Å². The van der Waals surface area contributed by atoms with Crippen molar-refractivity contribution in [2.75, 3.05) is 6.61 Å². The average molecular weight is 381 g/mol. The second kappa shape index (κ2) is 11.0. The van der Waals surface area contributed by atoms with Crippen LogP contribution in [0.1, 0.15) is 69.8 Å². The van der Waals surface area contributed by atoms with Crippen molar-refractivity contribution in [1.82, 2.24) is 0 Å². The molecular formula is C26H33FO. The molecule has 0 bridgehead atoms. The lowest BCUT2D eigenvalue weighted by Gasteiger charge is -2.27. The molecule has 0 atom stereocenters. The maximum absolute atomic E-state index is 12.3. The summed E-state index contributed by atoms with van der Waals surface area (Å²) in [5.41, 5.74) is 3.88. The van der Waals surface area contributed by atoms with E-state index in [0.29, 0.717) is 18.2 Å². The standard InChI is InChI=1S/C26H33FO/c1-2-3-4-5-20-28-26-16-14-25(15-17-26)24-12-10-23(11-13-24)22-8-6-21(7-9-22)18-19-27/h10-19,21-22H,2-9,20H2,1H3. The van der Waals surface area contributed by atoms with Gasteiger partial charge in [-0.05, 0) is 72.8 Å². The molecule has 0 radical (unpaired) electrons. The molecule has 0 N–H and O–H groups in total. The molecule has 150 valence electrons. The van der Waals surface area contributed by atoms with E-state index in [2.05, 4.69) is 55.5 Å². The first-order valence-electron chi connectivity index (χ1n) is 10.9. The molecule has 1 nitrogen and oxygen atoms in total. The second-order valence-corrected chi connectivity index (χ2v) is 7.99.